The van der Waals surface area contributed by atoms with E-state index in [0.717, 1.165) is 37.1 Å². The van der Waals surface area contributed by atoms with Crippen LogP contribution in [0.5, 0.6) is 5.75 Å². The van der Waals surface area contributed by atoms with Crippen LogP contribution in [0.25, 0.3) is 0 Å². The van der Waals surface area contributed by atoms with Gasteiger partial charge in [-0.05, 0) is 42.7 Å². The van der Waals surface area contributed by atoms with Crippen LogP contribution in [0.2, 0.25) is 0 Å². The van der Waals surface area contributed by atoms with E-state index in [4.69, 9.17) is 4.74 Å². The maximum atomic E-state index is 12.1. The van der Waals surface area contributed by atoms with Gasteiger partial charge in [0.15, 0.2) is 5.69 Å². The fourth-order valence-corrected chi connectivity index (χ4v) is 2.14. The molecule has 0 unspecified atom stereocenters. The van der Waals surface area contributed by atoms with Crippen molar-refractivity contribution in [3.63, 3.8) is 0 Å². The van der Waals surface area contributed by atoms with Crippen LogP contribution in [-0.4, -0.2) is 36.3 Å². The molecule has 2 N–H and O–H groups in total. The Balaban J connectivity index is 1.77. The van der Waals surface area contributed by atoms with Crippen LogP contribution in [0.3, 0.4) is 0 Å². The Labute approximate surface area is 142 Å². The Morgan fingerprint density at radius 3 is 2.50 bits per heavy atom. The summed E-state index contributed by atoms with van der Waals surface area (Å²) in [5.41, 5.74) is 1.46. The molecule has 1 amide bonds. The first-order chi connectivity index (χ1) is 11.7. The molecule has 0 aliphatic carbocycles. The lowest BCUT2D eigenvalue weighted by Gasteiger charge is -2.07. The lowest BCUT2D eigenvalue weighted by Crippen LogP contribution is -2.26. The quantitative estimate of drug-likeness (QED) is 0.692. The second kappa shape index (κ2) is 9.50. The third-order valence-electron chi connectivity index (χ3n) is 3.59. The number of nitrogens with zero attached hydrogens (tertiary/aromatic N) is 2. The van der Waals surface area contributed by atoms with Gasteiger partial charge < -0.3 is 15.4 Å². The highest BCUT2D eigenvalue weighted by Gasteiger charge is 2.07. The smallest absolute Gasteiger partial charge is 0.271 e. The van der Waals surface area contributed by atoms with Crippen LogP contribution in [0.1, 0.15) is 35.8 Å². The Morgan fingerprint density at radius 1 is 1.08 bits per heavy atom. The second-order valence-electron chi connectivity index (χ2n) is 5.44. The van der Waals surface area contributed by atoms with Crippen molar-refractivity contribution in [2.24, 2.45) is 0 Å². The van der Waals surface area contributed by atoms with Gasteiger partial charge in [0.2, 0.25) is 0 Å². The summed E-state index contributed by atoms with van der Waals surface area (Å²) in [4.78, 5) is 12.1. The molecule has 0 aliphatic rings. The number of nitrogens with one attached hydrogen (secondary N) is 2. The maximum absolute atomic E-state index is 12.1. The van der Waals surface area contributed by atoms with Gasteiger partial charge in [0.1, 0.15) is 11.6 Å². The number of benzene rings is 1. The molecule has 6 nitrogen and oxygen atoms in total. The minimum atomic E-state index is -0.212. The van der Waals surface area contributed by atoms with Crippen LogP contribution in [0.15, 0.2) is 36.4 Å². The van der Waals surface area contributed by atoms with Gasteiger partial charge in [0.25, 0.3) is 5.91 Å². The highest BCUT2D eigenvalue weighted by Crippen LogP contribution is 2.11. The number of unbranched alkanes of at least 4 members (excludes halogenated alkanes) is 1. The highest BCUT2D eigenvalue weighted by molar-refractivity contribution is 5.92. The number of ether oxygens (including phenoxy) is 1. The lowest BCUT2D eigenvalue weighted by atomic mass is 10.1. The molecule has 0 aliphatic heterocycles. The van der Waals surface area contributed by atoms with Crippen LogP contribution >= 0.6 is 0 Å². The maximum Gasteiger partial charge on any atom is 0.271 e. The summed E-state index contributed by atoms with van der Waals surface area (Å²) >= 11 is 0. The van der Waals surface area contributed by atoms with Crippen molar-refractivity contribution in [2.45, 2.75) is 26.2 Å². The van der Waals surface area contributed by atoms with Crippen molar-refractivity contribution in [1.82, 2.24) is 15.5 Å². The number of hydrogen-bond donors (Lipinski definition) is 2. The van der Waals surface area contributed by atoms with Gasteiger partial charge >= 0.3 is 0 Å². The Bertz CT molecular complexity index is 626. The first-order valence-corrected chi connectivity index (χ1v) is 8.21. The normalized spacial score (nSPS) is 10.2. The number of carbonyl (C=O) groups is 1. The Hall–Kier alpha value is -2.63. The molecule has 1 aromatic heterocycles. The van der Waals surface area contributed by atoms with Crippen molar-refractivity contribution in [1.29, 1.82) is 0 Å². The zero-order valence-corrected chi connectivity index (χ0v) is 14.2. The van der Waals surface area contributed by atoms with Gasteiger partial charge in [0, 0.05) is 13.1 Å². The summed E-state index contributed by atoms with van der Waals surface area (Å²) in [6.07, 6.45) is 2.95. The van der Waals surface area contributed by atoms with Crippen LogP contribution < -0.4 is 15.4 Å². The number of carbonyl (C=O) groups excluding carboxylic acids is 1. The Kier molecular flexibility index (Phi) is 7.01. The number of amides is 1. The summed E-state index contributed by atoms with van der Waals surface area (Å²) in [6, 6.07) is 11.3. The predicted molar refractivity (Wildman–Crippen MR) is 94.5 cm³/mol. The molecule has 2 aromatic rings. The van der Waals surface area contributed by atoms with E-state index < -0.39 is 0 Å². The predicted octanol–water partition coefficient (Wildman–Crippen LogP) is 2.67. The first-order valence-electron chi connectivity index (χ1n) is 8.21. The van der Waals surface area contributed by atoms with Crippen LogP contribution in [-0.2, 0) is 6.42 Å². The van der Waals surface area contributed by atoms with Gasteiger partial charge in [-0.1, -0.05) is 25.5 Å². The van der Waals surface area contributed by atoms with E-state index >= 15 is 0 Å². The summed E-state index contributed by atoms with van der Waals surface area (Å²) in [7, 11) is 1.64. The lowest BCUT2D eigenvalue weighted by molar-refractivity contribution is 0.0948. The average molecular weight is 328 g/mol. The van der Waals surface area contributed by atoms with E-state index in [1.54, 1.807) is 19.2 Å². The van der Waals surface area contributed by atoms with Crippen molar-refractivity contribution >= 4 is 11.7 Å². The van der Waals surface area contributed by atoms with Gasteiger partial charge in [0.05, 0.1) is 7.11 Å². The third kappa shape index (κ3) is 5.53. The van der Waals surface area contributed by atoms with Gasteiger partial charge in [-0.2, -0.15) is 0 Å². The molecule has 128 valence electrons. The van der Waals surface area contributed by atoms with Crippen LogP contribution in [0.4, 0.5) is 5.82 Å². The summed E-state index contributed by atoms with van der Waals surface area (Å²) < 4.78 is 5.12. The number of rotatable bonds is 9. The molecule has 0 spiro atoms. The molecule has 1 heterocycles. The fourth-order valence-electron chi connectivity index (χ4n) is 2.14. The third-order valence-corrected chi connectivity index (χ3v) is 3.59. The van der Waals surface area contributed by atoms with Crippen molar-refractivity contribution in [2.75, 3.05) is 25.5 Å². The standard InChI is InChI=1S/C18H24N4O2/c1-3-4-12-19-17-10-9-16(21-22-17)18(23)20-13-11-14-5-7-15(24-2)8-6-14/h5-10H,3-4,11-13H2,1-2H3,(H,19,22)(H,20,23). The SMILES string of the molecule is CCCCNc1ccc(C(=O)NCCc2ccc(OC)cc2)nn1. The van der Waals surface area contributed by atoms with E-state index in [1.165, 1.54) is 0 Å². The first kappa shape index (κ1) is 17.7. The van der Waals surface area contributed by atoms with Crippen LogP contribution in [0, 0.1) is 0 Å². The zero-order chi connectivity index (χ0) is 17.2. The molecule has 1 aromatic carbocycles. The van der Waals surface area contributed by atoms with E-state index in [1.807, 2.05) is 24.3 Å². The molecule has 24 heavy (non-hydrogen) atoms. The van der Waals surface area contributed by atoms with E-state index in [2.05, 4.69) is 27.8 Å². The summed E-state index contributed by atoms with van der Waals surface area (Å²) in [5, 5.41) is 14.0. The molecule has 0 bridgehead atoms. The summed E-state index contributed by atoms with van der Waals surface area (Å²) in [5.74, 6) is 1.31. The molecule has 0 atom stereocenters. The average Bonchev–Trinajstić information content (AvgIpc) is 2.63. The van der Waals surface area contributed by atoms with Crippen molar-refractivity contribution in [3.8, 4) is 5.75 Å². The molecule has 2 rings (SSSR count). The van der Waals surface area contributed by atoms with E-state index in [0.29, 0.717) is 18.1 Å². The number of anilines is 1. The van der Waals surface area contributed by atoms with Gasteiger partial charge in [-0.15, -0.1) is 10.2 Å². The zero-order valence-electron chi connectivity index (χ0n) is 14.2. The van der Waals surface area contributed by atoms with Crippen molar-refractivity contribution in [3.05, 3.63) is 47.7 Å². The minimum Gasteiger partial charge on any atom is -0.497 e. The largest absolute Gasteiger partial charge is 0.497 e. The van der Waals surface area contributed by atoms with Gasteiger partial charge in [-0.25, -0.2) is 0 Å². The Morgan fingerprint density at radius 2 is 1.88 bits per heavy atom. The molecule has 6 heteroatoms. The minimum absolute atomic E-state index is 0.212. The van der Waals surface area contributed by atoms with E-state index in [-0.39, 0.29) is 5.91 Å². The second-order valence-corrected chi connectivity index (χ2v) is 5.44. The molecule has 0 saturated heterocycles. The van der Waals surface area contributed by atoms with E-state index in [9.17, 15) is 4.79 Å². The molecule has 0 saturated carbocycles. The number of aromatic nitrogens is 2. The molecule has 0 radical (unpaired) electrons. The van der Waals surface area contributed by atoms with Gasteiger partial charge in [-0.3, -0.25) is 4.79 Å². The molecule has 0 fully saturated rings. The summed E-state index contributed by atoms with van der Waals surface area (Å²) in [6.45, 7) is 3.54. The fraction of sp³-hybridized carbons (Fsp3) is 0.389. The number of methoxy groups -OCH3 is 1. The molecular weight excluding hydrogens is 304 g/mol. The molecular formula is C18H24N4O2. The topological polar surface area (TPSA) is 76.1 Å². The monoisotopic (exact) mass is 328 g/mol. The number of hydrogen-bond acceptors (Lipinski definition) is 5. The highest BCUT2D eigenvalue weighted by atomic mass is 16.5. The van der Waals surface area contributed by atoms with Crippen molar-refractivity contribution < 1.29 is 9.53 Å².